The van der Waals surface area contributed by atoms with E-state index in [4.69, 9.17) is 0 Å². The van der Waals surface area contributed by atoms with Crippen molar-refractivity contribution in [3.8, 4) is 0 Å². The average Bonchev–Trinajstić information content (AvgIpc) is 2.82. The summed E-state index contributed by atoms with van der Waals surface area (Å²) in [6, 6.07) is 0. The van der Waals surface area contributed by atoms with Crippen LogP contribution in [-0.4, -0.2) is 45.0 Å². The number of carboxylic acid groups (broad SMARTS) is 4. The van der Waals surface area contributed by atoms with Gasteiger partial charge in [-0.25, -0.2) is 0 Å². The van der Waals surface area contributed by atoms with Crippen molar-refractivity contribution in [2.45, 2.75) is 127 Å². The molecule has 0 N–H and O–H groups in total. The number of hydrogen-bond acceptors (Lipinski definition) is 8. The van der Waals surface area contributed by atoms with Gasteiger partial charge in [0.1, 0.15) is 0 Å². The molecule has 0 saturated carbocycles. The van der Waals surface area contributed by atoms with E-state index in [1.807, 2.05) is 0 Å². The first-order valence-corrected chi connectivity index (χ1v) is 18.3. The summed E-state index contributed by atoms with van der Waals surface area (Å²) in [6.45, 7) is 13.1. The van der Waals surface area contributed by atoms with Crippen LogP contribution in [0.2, 0.25) is 8.87 Å². The van der Waals surface area contributed by atoms with Gasteiger partial charge in [-0.1, -0.05) is 66.2 Å². The van der Waals surface area contributed by atoms with Crippen molar-refractivity contribution >= 4 is 45.0 Å². The molecule has 0 aromatic heterocycles. The van der Waals surface area contributed by atoms with Crippen molar-refractivity contribution in [1.82, 2.24) is 0 Å². The summed E-state index contributed by atoms with van der Waals surface area (Å²) in [5, 5.41) is 41.5. The van der Waals surface area contributed by atoms with E-state index in [2.05, 4.69) is 41.5 Å². The van der Waals surface area contributed by atoms with Crippen LogP contribution in [0.1, 0.15) is 119 Å². The van der Waals surface area contributed by atoms with Gasteiger partial charge in [-0.3, -0.25) is 0 Å². The predicted molar refractivity (Wildman–Crippen MR) is 148 cm³/mol. The van der Waals surface area contributed by atoms with E-state index < -0.39 is 23.9 Å². The molecule has 222 valence electrons. The first kappa shape index (κ1) is 41.6. The zero-order valence-electron chi connectivity index (χ0n) is 25.0. The molecule has 0 aromatic carbocycles. The molecule has 0 bridgehead atoms. The molecule has 8 nitrogen and oxygen atoms in total. The van der Waals surface area contributed by atoms with Crippen LogP contribution in [0.5, 0.6) is 0 Å². The van der Waals surface area contributed by atoms with Gasteiger partial charge >= 0.3 is 56.7 Å². The molecule has 0 amide bonds. The summed E-state index contributed by atoms with van der Waals surface area (Å²) < 4.78 is 3.19. The summed E-state index contributed by atoms with van der Waals surface area (Å²) in [6.07, 6.45) is 11.9. The van der Waals surface area contributed by atoms with Gasteiger partial charge in [-0.15, -0.1) is 0 Å². The van der Waals surface area contributed by atoms with Gasteiger partial charge in [0.25, 0.3) is 0 Å². The van der Waals surface area contributed by atoms with E-state index in [1.54, 1.807) is 8.87 Å². The molecule has 0 aliphatic carbocycles. The number of aliphatic carboxylic acids is 4. The normalized spacial score (nSPS) is 11.4. The summed E-state index contributed by atoms with van der Waals surface area (Å²) in [5.74, 6) is -4.54. The Morgan fingerprint density at radius 2 is 0.923 bits per heavy atom. The van der Waals surface area contributed by atoms with E-state index >= 15 is 0 Å². The Morgan fingerprint density at radius 1 is 0.590 bits per heavy atom. The number of hydrogen-bond donors (Lipinski definition) is 0. The Labute approximate surface area is 246 Å². The molecule has 39 heavy (non-hydrogen) atoms. The standard InChI is InChI=1S/2C12H20O4.2C3H7.Sn/c2*1-9(2)6-4-3-5-7-10(12(15)16)8-11(13)14;2*1-3-2;/h2*8-9H,3-7H2,1-2H3,(H,13,14)(H,15,16);2*1,3H2,2H3;/q;;;;+4/p-4/b2*10-8-;;;. The zero-order valence-corrected chi connectivity index (χ0v) is 27.8. The fourth-order valence-electron chi connectivity index (χ4n) is 3.32. The molecular weight excluding hydrogens is 607 g/mol. The quantitative estimate of drug-likeness (QED) is 0.110. The maximum atomic E-state index is 10.5. The summed E-state index contributed by atoms with van der Waals surface area (Å²) in [4.78, 5) is 41.5. The summed E-state index contributed by atoms with van der Waals surface area (Å²) >= 11 is 0.181. The Kier molecular flexibility index (Phi) is 31.1. The first-order chi connectivity index (χ1) is 18.3. The first-order valence-electron chi connectivity index (χ1n) is 14.2. The molecule has 0 spiro atoms. The van der Waals surface area contributed by atoms with E-state index in [0.29, 0.717) is 36.8 Å². The van der Waals surface area contributed by atoms with Gasteiger partial charge in [0, 0.05) is 0 Å². The van der Waals surface area contributed by atoms with Crippen LogP contribution in [0.3, 0.4) is 0 Å². The van der Waals surface area contributed by atoms with Crippen LogP contribution in [0.15, 0.2) is 23.3 Å². The van der Waals surface area contributed by atoms with Crippen LogP contribution in [0.25, 0.3) is 0 Å². The second kappa shape index (κ2) is 29.1. The van der Waals surface area contributed by atoms with Gasteiger partial charge in [0.15, 0.2) is 0 Å². The van der Waals surface area contributed by atoms with E-state index in [-0.39, 0.29) is 45.1 Å². The van der Waals surface area contributed by atoms with Crippen LogP contribution < -0.4 is 20.4 Å². The fraction of sp³-hybridized carbons (Fsp3) is 0.733. The SMILES string of the molecule is CC(C)CCCCC/C(=C/C(=O)[O-])C(=O)[O-].CC(C)CCCCC/C(=C/C(=O)[O-])C(=O)[O-].CC[CH2][Sn+4][CH2]CC. The third-order valence-electron chi connectivity index (χ3n) is 5.42. The van der Waals surface area contributed by atoms with E-state index in [9.17, 15) is 39.6 Å². The van der Waals surface area contributed by atoms with Crippen molar-refractivity contribution < 1.29 is 39.6 Å². The molecule has 9 heteroatoms. The van der Waals surface area contributed by atoms with Crippen LogP contribution in [0, 0.1) is 11.8 Å². The third kappa shape index (κ3) is 36.2. The maximum absolute atomic E-state index is 10.5. The van der Waals surface area contributed by atoms with Gasteiger partial charge < -0.3 is 39.6 Å². The topological polar surface area (TPSA) is 161 Å². The van der Waals surface area contributed by atoms with Gasteiger partial charge in [0.2, 0.25) is 0 Å². The number of carbonyl (C=O) groups excluding carboxylic acids is 4. The fourth-order valence-corrected chi connectivity index (χ4v) is 6.05. The predicted octanol–water partition coefficient (Wildman–Crippen LogP) is 2.39. The Morgan fingerprint density at radius 3 is 1.15 bits per heavy atom. The van der Waals surface area contributed by atoms with Crippen molar-refractivity contribution in [1.29, 1.82) is 0 Å². The number of carbonyl (C=O) groups is 4. The molecule has 0 aliphatic heterocycles. The molecule has 0 atom stereocenters. The second-order valence-electron chi connectivity index (χ2n) is 10.3. The molecule has 0 fully saturated rings. The molecule has 0 saturated heterocycles. The number of carboxylic acids is 4. The van der Waals surface area contributed by atoms with Crippen molar-refractivity contribution in [2.75, 3.05) is 0 Å². The van der Waals surface area contributed by atoms with Crippen molar-refractivity contribution in [3.05, 3.63) is 23.3 Å². The number of rotatable bonds is 20. The summed E-state index contributed by atoms with van der Waals surface area (Å²) in [5.41, 5.74) is -0.380. The van der Waals surface area contributed by atoms with Gasteiger partial charge in [0.05, 0.1) is 23.9 Å². The van der Waals surface area contributed by atoms with Crippen LogP contribution in [-0.2, 0) is 19.2 Å². The molecule has 6 radical (unpaired) electrons. The molecule has 0 unspecified atom stereocenters. The van der Waals surface area contributed by atoms with Crippen molar-refractivity contribution in [3.63, 3.8) is 0 Å². The van der Waals surface area contributed by atoms with Gasteiger partial charge in [-0.05, 0) is 60.8 Å². The number of unbranched alkanes of at least 4 members (excludes halogenated alkanes) is 4. The average molecular weight is 657 g/mol. The molecule has 0 aliphatic rings. The molecule has 0 rings (SSSR count). The minimum atomic E-state index is -1.48. The van der Waals surface area contributed by atoms with E-state index in [0.717, 1.165) is 38.5 Å². The van der Waals surface area contributed by atoms with E-state index in [1.165, 1.54) is 12.8 Å². The minimum absolute atomic E-state index is 0.181. The molecule has 0 heterocycles. The van der Waals surface area contributed by atoms with Gasteiger partial charge in [-0.2, -0.15) is 0 Å². The zero-order chi connectivity index (χ0) is 30.6. The van der Waals surface area contributed by atoms with Crippen LogP contribution in [0.4, 0.5) is 0 Å². The Hall–Kier alpha value is -1.84. The monoisotopic (exact) mass is 658 g/mol. The third-order valence-corrected chi connectivity index (χ3v) is 10.3. The molecule has 0 aromatic rings. The Bertz CT molecular complexity index is 666. The summed E-state index contributed by atoms with van der Waals surface area (Å²) in [7, 11) is 0. The molecular formula is C30H50O8Sn. The Balaban J connectivity index is -0.000000537. The van der Waals surface area contributed by atoms with Crippen molar-refractivity contribution in [2.24, 2.45) is 11.8 Å². The van der Waals surface area contributed by atoms with Crippen LogP contribution >= 0.6 is 0 Å². The second-order valence-corrected chi connectivity index (χ2v) is 14.6.